The Kier molecular flexibility index (Phi) is 8.33. The first kappa shape index (κ1) is 14.4. The molecule has 0 aliphatic heterocycles. The van der Waals surface area contributed by atoms with Gasteiger partial charge >= 0.3 is 5.97 Å². The number of nitrogens with zero attached hydrogens (tertiary/aromatic N) is 1. The predicted molar refractivity (Wildman–Crippen MR) is 62.1 cm³/mol. The molecule has 1 unspecified atom stereocenters. The molecule has 0 aromatic carbocycles. The highest BCUT2D eigenvalue weighted by Crippen LogP contribution is 1.92. The van der Waals surface area contributed by atoms with Gasteiger partial charge in [-0.25, -0.2) is 0 Å². The minimum atomic E-state index is -0.733. The minimum absolute atomic E-state index is 0.300. The highest BCUT2D eigenvalue weighted by molar-refractivity contribution is 5.69. The van der Waals surface area contributed by atoms with Crippen LogP contribution >= 0.6 is 0 Å². The maximum Gasteiger partial charge on any atom is 0.307 e. The molecular formula is C11H24N2O2. The predicted octanol–water partition coefficient (Wildman–Crippen LogP) is 1.03. The summed E-state index contributed by atoms with van der Waals surface area (Å²) in [6, 6.07) is 0. The standard InChI is InChI=1S/C11H24N2O2/c1-4-7-13(5-2)8-6-12-9-10(3)11(14)15/h10,12H,4-9H2,1-3H3,(H,14,15). The van der Waals surface area contributed by atoms with E-state index in [9.17, 15) is 4.79 Å². The quantitative estimate of drug-likeness (QED) is 0.565. The third kappa shape index (κ3) is 7.33. The van der Waals surface area contributed by atoms with Gasteiger partial charge in [0.2, 0.25) is 0 Å². The van der Waals surface area contributed by atoms with E-state index in [0.717, 1.165) is 26.2 Å². The summed E-state index contributed by atoms with van der Waals surface area (Å²) in [7, 11) is 0. The summed E-state index contributed by atoms with van der Waals surface area (Å²) in [4.78, 5) is 12.9. The van der Waals surface area contributed by atoms with Crippen LogP contribution in [-0.4, -0.2) is 48.7 Å². The third-order valence-electron chi connectivity index (χ3n) is 2.46. The van der Waals surface area contributed by atoms with Crippen molar-refractivity contribution in [2.75, 3.05) is 32.7 Å². The van der Waals surface area contributed by atoms with Gasteiger partial charge in [0.05, 0.1) is 5.92 Å². The zero-order valence-corrected chi connectivity index (χ0v) is 10.1. The Balaban J connectivity index is 3.47. The van der Waals surface area contributed by atoms with Crippen molar-refractivity contribution in [2.45, 2.75) is 27.2 Å². The lowest BCUT2D eigenvalue weighted by molar-refractivity contribution is -0.140. The van der Waals surface area contributed by atoms with Crippen molar-refractivity contribution in [3.63, 3.8) is 0 Å². The van der Waals surface area contributed by atoms with Gasteiger partial charge in [-0.1, -0.05) is 20.8 Å². The number of carboxylic acid groups (broad SMARTS) is 1. The van der Waals surface area contributed by atoms with Gasteiger partial charge in [-0.2, -0.15) is 0 Å². The molecule has 0 bridgehead atoms. The number of aliphatic carboxylic acids is 1. The van der Waals surface area contributed by atoms with Gasteiger partial charge in [-0.15, -0.1) is 0 Å². The van der Waals surface area contributed by atoms with Gasteiger partial charge in [0.15, 0.2) is 0 Å². The first-order valence-corrected chi connectivity index (χ1v) is 5.77. The Bertz CT molecular complexity index is 174. The van der Waals surface area contributed by atoms with E-state index < -0.39 is 5.97 Å². The monoisotopic (exact) mass is 216 g/mol. The van der Waals surface area contributed by atoms with Gasteiger partial charge in [0.25, 0.3) is 0 Å². The van der Waals surface area contributed by atoms with Crippen LogP contribution in [0.25, 0.3) is 0 Å². The second-order valence-electron chi connectivity index (χ2n) is 3.88. The number of nitrogens with one attached hydrogen (secondary N) is 1. The Hall–Kier alpha value is -0.610. The second-order valence-corrected chi connectivity index (χ2v) is 3.88. The molecule has 0 saturated heterocycles. The normalized spacial score (nSPS) is 13.1. The largest absolute Gasteiger partial charge is 0.481 e. The molecule has 90 valence electrons. The van der Waals surface area contributed by atoms with Crippen LogP contribution < -0.4 is 5.32 Å². The summed E-state index contributed by atoms with van der Waals surface area (Å²) in [6.45, 7) is 10.6. The molecule has 4 nitrogen and oxygen atoms in total. The zero-order valence-electron chi connectivity index (χ0n) is 10.1. The van der Waals surface area contributed by atoms with E-state index in [2.05, 4.69) is 24.1 Å². The van der Waals surface area contributed by atoms with E-state index in [-0.39, 0.29) is 5.92 Å². The molecule has 2 N–H and O–H groups in total. The van der Waals surface area contributed by atoms with Crippen LogP contribution in [-0.2, 0) is 4.79 Å². The van der Waals surface area contributed by atoms with Gasteiger partial charge < -0.3 is 15.3 Å². The van der Waals surface area contributed by atoms with Crippen LogP contribution in [0, 0.1) is 5.92 Å². The molecule has 0 heterocycles. The summed E-state index contributed by atoms with van der Waals surface area (Å²) in [6.07, 6.45) is 1.17. The number of carboxylic acids is 1. The Morgan fingerprint density at radius 2 is 2.07 bits per heavy atom. The van der Waals surface area contributed by atoms with Crippen molar-refractivity contribution in [3.8, 4) is 0 Å². The number of hydrogen-bond acceptors (Lipinski definition) is 3. The van der Waals surface area contributed by atoms with Gasteiger partial charge in [0.1, 0.15) is 0 Å². The molecule has 0 amide bonds. The second kappa shape index (κ2) is 8.68. The number of carbonyl (C=O) groups is 1. The molecule has 0 spiro atoms. The van der Waals surface area contributed by atoms with Gasteiger partial charge in [-0.3, -0.25) is 4.79 Å². The maximum absolute atomic E-state index is 10.5. The van der Waals surface area contributed by atoms with E-state index in [1.165, 1.54) is 6.42 Å². The van der Waals surface area contributed by atoms with E-state index in [0.29, 0.717) is 6.54 Å². The molecule has 0 aliphatic rings. The highest BCUT2D eigenvalue weighted by Gasteiger charge is 2.09. The van der Waals surface area contributed by atoms with E-state index in [1.807, 2.05) is 0 Å². The summed E-state index contributed by atoms with van der Waals surface area (Å²) in [5, 5.41) is 11.8. The maximum atomic E-state index is 10.5. The Morgan fingerprint density at radius 1 is 1.40 bits per heavy atom. The summed E-state index contributed by atoms with van der Waals surface area (Å²) in [5.41, 5.74) is 0. The van der Waals surface area contributed by atoms with Crippen molar-refractivity contribution >= 4 is 5.97 Å². The van der Waals surface area contributed by atoms with E-state index in [1.54, 1.807) is 6.92 Å². The minimum Gasteiger partial charge on any atom is -0.481 e. The van der Waals surface area contributed by atoms with E-state index in [4.69, 9.17) is 5.11 Å². The Morgan fingerprint density at radius 3 is 2.53 bits per heavy atom. The smallest absolute Gasteiger partial charge is 0.307 e. The van der Waals surface area contributed by atoms with Crippen molar-refractivity contribution in [1.82, 2.24) is 10.2 Å². The first-order valence-electron chi connectivity index (χ1n) is 5.77. The van der Waals surface area contributed by atoms with E-state index >= 15 is 0 Å². The average molecular weight is 216 g/mol. The molecule has 0 aromatic rings. The summed E-state index contributed by atoms with van der Waals surface area (Å²) >= 11 is 0. The molecular weight excluding hydrogens is 192 g/mol. The molecule has 0 aromatic heterocycles. The molecule has 0 radical (unpaired) electrons. The molecule has 0 fully saturated rings. The number of rotatable bonds is 9. The fourth-order valence-electron chi connectivity index (χ4n) is 1.39. The van der Waals surface area contributed by atoms with Crippen LogP contribution in [0.15, 0.2) is 0 Å². The molecule has 0 aliphatic carbocycles. The fraction of sp³-hybridized carbons (Fsp3) is 0.909. The van der Waals surface area contributed by atoms with Crippen molar-refractivity contribution in [2.24, 2.45) is 5.92 Å². The SMILES string of the molecule is CCCN(CC)CCNCC(C)C(=O)O. The Labute approximate surface area is 92.7 Å². The molecule has 0 saturated carbocycles. The molecule has 4 heteroatoms. The lowest BCUT2D eigenvalue weighted by atomic mass is 10.2. The van der Waals surface area contributed by atoms with Crippen LogP contribution in [0.5, 0.6) is 0 Å². The average Bonchev–Trinajstić information content (AvgIpc) is 2.22. The molecule has 0 rings (SSSR count). The van der Waals surface area contributed by atoms with Crippen LogP contribution in [0.2, 0.25) is 0 Å². The van der Waals surface area contributed by atoms with Crippen LogP contribution in [0.1, 0.15) is 27.2 Å². The summed E-state index contributed by atoms with van der Waals surface area (Å²) in [5.74, 6) is -1.03. The lowest BCUT2D eigenvalue weighted by Gasteiger charge is -2.19. The number of hydrogen-bond donors (Lipinski definition) is 2. The van der Waals surface area contributed by atoms with Crippen molar-refractivity contribution in [3.05, 3.63) is 0 Å². The lowest BCUT2D eigenvalue weighted by Crippen LogP contribution is -2.35. The topological polar surface area (TPSA) is 52.6 Å². The first-order chi connectivity index (χ1) is 7.11. The van der Waals surface area contributed by atoms with Gasteiger partial charge in [-0.05, 0) is 19.5 Å². The number of likely N-dealkylation sites (N-methyl/N-ethyl adjacent to an activating group) is 1. The highest BCUT2D eigenvalue weighted by atomic mass is 16.4. The summed E-state index contributed by atoms with van der Waals surface area (Å²) < 4.78 is 0. The van der Waals surface area contributed by atoms with Gasteiger partial charge in [0, 0.05) is 19.6 Å². The molecule has 15 heavy (non-hydrogen) atoms. The third-order valence-corrected chi connectivity index (χ3v) is 2.46. The van der Waals surface area contributed by atoms with Crippen LogP contribution in [0.3, 0.4) is 0 Å². The fourth-order valence-corrected chi connectivity index (χ4v) is 1.39. The zero-order chi connectivity index (χ0) is 11.7. The van der Waals surface area contributed by atoms with Crippen molar-refractivity contribution < 1.29 is 9.90 Å². The van der Waals surface area contributed by atoms with Crippen LogP contribution in [0.4, 0.5) is 0 Å². The van der Waals surface area contributed by atoms with Crippen molar-refractivity contribution in [1.29, 1.82) is 0 Å². The molecule has 1 atom stereocenters.